The zero-order valence-corrected chi connectivity index (χ0v) is 18.3. The van der Waals surface area contributed by atoms with Gasteiger partial charge in [-0.25, -0.2) is 0 Å². The van der Waals surface area contributed by atoms with Crippen LogP contribution in [0.2, 0.25) is 0 Å². The average Bonchev–Trinajstić information content (AvgIpc) is 3.34. The van der Waals surface area contributed by atoms with Crippen molar-refractivity contribution in [3.05, 3.63) is 54.0 Å². The molecule has 30 heavy (non-hydrogen) atoms. The van der Waals surface area contributed by atoms with Crippen LogP contribution in [-0.4, -0.2) is 32.5 Å². The van der Waals surface area contributed by atoms with Crippen molar-refractivity contribution in [2.45, 2.75) is 57.3 Å². The van der Waals surface area contributed by atoms with Gasteiger partial charge < -0.3 is 9.73 Å². The molecule has 0 aliphatic heterocycles. The molecular weight excluding hydrogens is 396 g/mol. The highest BCUT2D eigenvalue weighted by Gasteiger charge is 2.23. The maximum Gasteiger partial charge on any atom is 0.230 e. The van der Waals surface area contributed by atoms with Crippen molar-refractivity contribution >= 4 is 17.7 Å². The van der Waals surface area contributed by atoms with Crippen LogP contribution in [0.3, 0.4) is 0 Å². The van der Waals surface area contributed by atoms with Gasteiger partial charge in [0.2, 0.25) is 5.91 Å². The molecule has 1 amide bonds. The summed E-state index contributed by atoms with van der Waals surface area (Å²) in [6.45, 7) is 4.78. The highest BCUT2D eigenvalue weighted by atomic mass is 32.2. The van der Waals surface area contributed by atoms with Crippen LogP contribution in [0.15, 0.2) is 52.2 Å². The lowest BCUT2D eigenvalue weighted by Gasteiger charge is -2.29. The lowest BCUT2D eigenvalue weighted by atomic mass is 9.86. The minimum atomic E-state index is 0.0639. The maximum absolute atomic E-state index is 12.6. The van der Waals surface area contributed by atoms with E-state index in [1.807, 2.05) is 31.2 Å². The molecule has 1 fully saturated rings. The molecule has 0 spiro atoms. The number of nitrogens with zero attached hydrogens (tertiary/aromatic N) is 3. The topological polar surface area (TPSA) is 72.9 Å². The highest BCUT2D eigenvalue weighted by Crippen LogP contribution is 2.28. The molecule has 158 valence electrons. The second-order valence-corrected chi connectivity index (χ2v) is 8.94. The van der Waals surface area contributed by atoms with E-state index < -0.39 is 0 Å². The summed E-state index contributed by atoms with van der Waals surface area (Å²) in [5.74, 6) is 2.51. The molecule has 1 aliphatic carbocycles. The van der Waals surface area contributed by atoms with Crippen molar-refractivity contribution in [1.82, 2.24) is 20.1 Å². The number of carbonyl (C=O) groups is 1. The van der Waals surface area contributed by atoms with Crippen LogP contribution in [0.25, 0.3) is 11.4 Å². The van der Waals surface area contributed by atoms with Crippen molar-refractivity contribution < 1.29 is 9.21 Å². The summed E-state index contributed by atoms with van der Waals surface area (Å²) >= 11 is 1.43. The SMILES string of the molecule is Cc1occc1-c1nnc(SCC(=O)NC2CCCCC2C)n1Cc1ccccc1. The van der Waals surface area contributed by atoms with Crippen molar-refractivity contribution in [3.8, 4) is 11.4 Å². The van der Waals surface area contributed by atoms with Gasteiger partial charge in [0.05, 0.1) is 24.1 Å². The smallest absolute Gasteiger partial charge is 0.230 e. The number of amides is 1. The van der Waals surface area contributed by atoms with Gasteiger partial charge in [0.1, 0.15) is 5.76 Å². The van der Waals surface area contributed by atoms with Crippen LogP contribution in [0.4, 0.5) is 0 Å². The fourth-order valence-corrected chi connectivity index (χ4v) is 4.78. The molecule has 2 unspecified atom stereocenters. The first-order chi connectivity index (χ1) is 14.6. The van der Waals surface area contributed by atoms with Crippen LogP contribution >= 0.6 is 11.8 Å². The number of aryl methyl sites for hydroxylation is 1. The molecule has 1 N–H and O–H groups in total. The zero-order chi connectivity index (χ0) is 20.9. The molecule has 1 saturated carbocycles. The fraction of sp³-hybridized carbons (Fsp3) is 0.435. The first kappa shape index (κ1) is 20.7. The molecule has 0 bridgehead atoms. The van der Waals surface area contributed by atoms with Gasteiger partial charge in [0, 0.05) is 6.04 Å². The zero-order valence-electron chi connectivity index (χ0n) is 17.5. The normalized spacial score (nSPS) is 19.0. The molecule has 0 radical (unpaired) electrons. The standard InChI is InChI=1S/C23H28N4O2S/c1-16-8-6-7-11-20(16)24-21(28)15-30-23-26-25-22(19-12-13-29-17(19)2)27(23)14-18-9-4-3-5-10-18/h3-5,9-10,12-13,16,20H,6-8,11,14-15H2,1-2H3,(H,24,28). The molecule has 4 rings (SSSR count). The number of furan rings is 1. The Kier molecular flexibility index (Phi) is 6.57. The Hall–Kier alpha value is -2.54. The summed E-state index contributed by atoms with van der Waals surface area (Å²) in [5.41, 5.74) is 2.08. The minimum absolute atomic E-state index is 0.0639. The van der Waals surface area contributed by atoms with E-state index in [-0.39, 0.29) is 11.9 Å². The summed E-state index contributed by atoms with van der Waals surface area (Å²) in [6, 6.07) is 12.4. The maximum atomic E-state index is 12.6. The first-order valence-electron chi connectivity index (χ1n) is 10.6. The summed E-state index contributed by atoms with van der Waals surface area (Å²) in [6.07, 6.45) is 6.39. The predicted octanol–water partition coefficient (Wildman–Crippen LogP) is 4.68. The lowest BCUT2D eigenvalue weighted by molar-refractivity contribution is -0.119. The predicted molar refractivity (Wildman–Crippen MR) is 118 cm³/mol. The molecule has 1 aromatic carbocycles. The first-order valence-corrected chi connectivity index (χ1v) is 11.5. The number of benzene rings is 1. The van der Waals surface area contributed by atoms with Crippen molar-refractivity contribution in [1.29, 1.82) is 0 Å². The fourth-order valence-electron chi connectivity index (χ4n) is 4.03. The number of aromatic nitrogens is 3. The van der Waals surface area contributed by atoms with E-state index in [0.29, 0.717) is 18.2 Å². The third-order valence-corrected chi connectivity index (χ3v) is 6.76. The van der Waals surface area contributed by atoms with E-state index >= 15 is 0 Å². The van der Waals surface area contributed by atoms with Gasteiger partial charge in [-0.3, -0.25) is 9.36 Å². The number of carbonyl (C=O) groups excluding carboxylic acids is 1. The average molecular weight is 425 g/mol. The summed E-state index contributed by atoms with van der Waals surface area (Å²) in [4.78, 5) is 12.6. The van der Waals surface area contributed by atoms with Crippen LogP contribution in [0, 0.1) is 12.8 Å². The number of rotatable bonds is 7. The molecule has 6 nitrogen and oxygen atoms in total. The lowest BCUT2D eigenvalue weighted by Crippen LogP contribution is -2.41. The van der Waals surface area contributed by atoms with Gasteiger partial charge in [-0.15, -0.1) is 10.2 Å². The Balaban J connectivity index is 1.50. The van der Waals surface area contributed by atoms with E-state index in [1.54, 1.807) is 6.26 Å². The van der Waals surface area contributed by atoms with E-state index in [1.165, 1.54) is 31.0 Å². The molecule has 0 saturated heterocycles. The molecule has 2 atom stereocenters. The largest absolute Gasteiger partial charge is 0.469 e. The number of hydrogen-bond donors (Lipinski definition) is 1. The molecule has 7 heteroatoms. The molecule has 2 heterocycles. The van der Waals surface area contributed by atoms with Gasteiger partial charge in [0.25, 0.3) is 0 Å². The summed E-state index contributed by atoms with van der Waals surface area (Å²) in [7, 11) is 0. The Morgan fingerprint density at radius 1 is 1.20 bits per heavy atom. The molecule has 3 aromatic rings. The van der Waals surface area contributed by atoms with E-state index in [0.717, 1.165) is 34.3 Å². The second kappa shape index (κ2) is 9.51. The molecule has 2 aromatic heterocycles. The van der Waals surface area contributed by atoms with Gasteiger partial charge in [-0.05, 0) is 37.3 Å². The Morgan fingerprint density at radius 2 is 2.00 bits per heavy atom. The number of nitrogens with one attached hydrogen (secondary N) is 1. The number of thioether (sulfide) groups is 1. The Labute approximate surface area is 181 Å². The van der Waals surface area contributed by atoms with Gasteiger partial charge in [-0.1, -0.05) is 61.9 Å². The van der Waals surface area contributed by atoms with Gasteiger partial charge in [0.15, 0.2) is 11.0 Å². The minimum Gasteiger partial charge on any atom is -0.469 e. The van der Waals surface area contributed by atoms with Crippen LogP contribution in [-0.2, 0) is 11.3 Å². The van der Waals surface area contributed by atoms with Crippen LogP contribution in [0.5, 0.6) is 0 Å². The quantitative estimate of drug-likeness (QED) is 0.558. The third-order valence-electron chi connectivity index (χ3n) is 5.79. The highest BCUT2D eigenvalue weighted by molar-refractivity contribution is 7.99. The third kappa shape index (κ3) is 4.78. The van der Waals surface area contributed by atoms with Crippen molar-refractivity contribution in [2.24, 2.45) is 5.92 Å². The Morgan fingerprint density at radius 3 is 2.73 bits per heavy atom. The molecule has 1 aliphatic rings. The number of hydrogen-bond acceptors (Lipinski definition) is 5. The van der Waals surface area contributed by atoms with Crippen LogP contribution < -0.4 is 5.32 Å². The summed E-state index contributed by atoms with van der Waals surface area (Å²) in [5, 5.41) is 12.8. The van der Waals surface area contributed by atoms with Gasteiger partial charge in [-0.2, -0.15) is 0 Å². The monoisotopic (exact) mass is 424 g/mol. The Bertz CT molecular complexity index is 982. The van der Waals surface area contributed by atoms with Crippen LogP contribution in [0.1, 0.15) is 43.9 Å². The second-order valence-electron chi connectivity index (χ2n) is 7.99. The van der Waals surface area contributed by atoms with Gasteiger partial charge >= 0.3 is 0 Å². The van der Waals surface area contributed by atoms with E-state index in [2.05, 4.69) is 39.1 Å². The summed E-state index contributed by atoms with van der Waals surface area (Å²) < 4.78 is 7.54. The molecular formula is C23H28N4O2S. The van der Waals surface area contributed by atoms with E-state index in [4.69, 9.17) is 4.42 Å². The van der Waals surface area contributed by atoms with Crippen molar-refractivity contribution in [2.75, 3.05) is 5.75 Å². The van der Waals surface area contributed by atoms with E-state index in [9.17, 15) is 4.79 Å². The van der Waals surface area contributed by atoms with Crippen molar-refractivity contribution in [3.63, 3.8) is 0 Å².